The average molecular weight is 343 g/mol. The van der Waals surface area contributed by atoms with Gasteiger partial charge >= 0.3 is 0 Å². The minimum atomic E-state index is -0.0500. The summed E-state index contributed by atoms with van der Waals surface area (Å²) in [7, 11) is 0. The van der Waals surface area contributed by atoms with Crippen LogP contribution in [0.5, 0.6) is 0 Å². The van der Waals surface area contributed by atoms with Crippen molar-refractivity contribution in [1.29, 1.82) is 0 Å². The molecule has 0 aliphatic carbocycles. The van der Waals surface area contributed by atoms with Crippen molar-refractivity contribution in [3.8, 4) is 10.6 Å². The van der Waals surface area contributed by atoms with E-state index in [1.54, 1.807) is 11.3 Å². The molecule has 1 aliphatic rings. The summed E-state index contributed by atoms with van der Waals surface area (Å²) in [6, 6.07) is 8.35. The number of carbonyl (C=O) groups excluding carboxylic acids is 1. The first kappa shape index (κ1) is 17.1. The molecule has 1 aliphatic heterocycles. The highest BCUT2D eigenvalue weighted by Crippen LogP contribution is 2.32. The first-order valence-electron chi connectivity index (χ1n) is 8.62. The Bertz CT molecular complexity index is 702. The van der Waals surface area contributed by atoms with Crippen LogP contribution in [0.2, 0.25) is 0 Å². The summed E-state index contributed by atoms with van der Waals surface area (Å²) >= 11 is 1.67. The number of amides is 1. The SMILES string of the molecule is Cc1ccc(-c2nc(C)c(C(C)NC(=O)C3CCCCN3)s2)cc1. The Kier molecular flexibility index (Phi) is 5.31. The van der Waals surface area contributed by atoms with E-state index in [2.05, 4.69) is 41.8 Å². The minimum Gasteiger partial charge on any atom is -0.347 e. The second-order valence-electron chi connectivity index (χ2n) is 6.57. The van der Waals surface area contributed by atoms with Gasteiger partial charge in [-0.25, -0.2) is 4.98 Å². The molecule has 1 amide bonds. The van der Waals surface area contributed by atoms with Crippen LogP contribution < -0.4 is 10.6 Å². The zero-order chi connectivity index (χ0) is 17.1. The van der Waals surface area contributed by atoms with Crippen LogP contribution in [0.4, 0.5) is 0 Å². The Morgan fingerprint density at radius 2 is 2.04 bits per heavy atom. The summed E-state index contributed by atoms with van der Waals surface area (Å²) in [5.41, 5.74) is 3.38. The molecule has 2 heterocycles. The maximum Gasteiger partial charge on any atom is 0.237 e. The number of aromatic nitrogens is 1. The zero-order valence-corrected chi connectivity index (χ0v) is 15.4. The van der Waals surface area contributed by atoms with Gasteiger partial charge in [-0.1, -0.05) is 36.2 Å². The first-order chi connectivity index (χ1) is 11.5. The molecule has 128 valence electrons. The second-order valence-corrected chi connectivity index (χ2v) is 7.60. The lowest BCUT2D eigenvalue weighted by atomic mass is 10.0. The van der Waals surface area contributed by atoms with Gasteiger partial charge in [0.15, 0.2) is 0 Å². The fourth-order valence-electron chi connectivity index (χ4n) is 3.08. The van der Waals surface area contributed by atoms with E-state index < -0.39 is 0 Å². The molecule has 1 saturated heterocycles. The monoisotopic (exact) mass is 343 g/mol. The third-order valence-corrected chi connectivity index (χ3v) is 5.90. The molecule has 0 saturated carbocycles. The zero-order valence-electron chi connectivity index (χ0n) is 14.6. The third-order valence-electron chi connectivity index (χ3n) is 4.51. The molecule has 1 aromatic heterocycles. The number of aryl methyl sites for hydroxylation is 2. The van der Waals surface area contributed by atoms with Crippen molar-refractivity contribution < 1.29 is 4.79 Å². The van der Waals surface area contributed by atoms with Crippen molar-refractivity contribution in [2.24, 2.45) is 0 Å². The van der Waals surface area contributed by atoms with E-state index in [1.807, 2.05) is 13.8 Å². The highest BCUT2D eigenvalue weighted by Gasteiger charge is 2.23. The van der Waals surface area contributed by atoms with Crippen LogP contribution in [-0.2, 0) is 4.79 Å². The number of hydrogen-bond donors (Lipinski definition) is 2. The molecule has 2 unspecified atom stereocenters. The lowest BCUT2D eigenvalue weighted by Crippen LogP contribution is -2.47. The number of thiazole rings is 1. The lowest BCUT2D eigenvalue weighted by Gasteiger charge is -2.24. The summed E-state index contributed by atoms with van der Waals surface area (Å²) in [5.74, 6) is 0.104. The number of nitrogens with one attached hydrogen (secondary N) is 2. The molecule has 1 fully saturated rings. The van der Waals surface area contributed by atoms with E-state index >= 15 is 0 Å². The van der Waals surface area contributed by atoms with Gasteiger partial charge in [-0.05, 0) is 40.2 Å². The van der Waals surface area contributed by atoms with Crippen LogP contribution in [0.1, 0.15) is 48.4 Å². The molecular formula is C19H25N3OS. The minimum absolute atomic E-state index is 0.0158. The number of piperidine rings is 1. The van der Waals surface area contributed by atoms with Crippen LogP contribution in [0.3, 0.4) is 0 Å². The van der Waals surface area contributed by atoms with Crippen molar-refractivity contribution >= 4 is 17.2 Å². The predicted octanol–water partition coefficient (Wildman–Crippen LogP) is 3.75. The highest BCUT2D eigenvalue weighted by atomic mass is 32.1. The van der Waals surface area contributed by atoms with Crippen LogP contribution >= 0.6 is 11.3 Å². The van der Waals surface area contributed by atoms with Crippen molar-refractivity contribution in [1.82, 2.24) is 15.6 Å². The van der Waals surface area contributed by atoms with Gasteiger partial charge < -0.3 is 10.6 Å². The molecule has 0 radical (unpaired) electrons. The average Bonchev–Trinajstić information content (AvgIpc) is 2.98. The normalized spacial score (nSPS) is 19.0. The van der Waals surface area contributed by atoms with Gasteiger partial charge in [0.25, 0.3) is 0 Å². The number of nitrogens with zero attached hydrogens (tertiary/aromatic N) is 1. The largest absolute Gasteiger partial charge is 0.347 e. The second kappa shape index (κ2) is 7.45. The maximum atomic E-state index is 12.4. The molecule has 0 spiro atoms. The summed E-state index contributed by atoms with van der Waals surface area (Å²) in [6.45, 7) is 7.08. The molecular weight excluding hydrogens is 318 g/mol. The Labute approximate surface area is 147 Å². The van der Waals surface area contributed by atoms with Gasteiger partial charge in [-0.2, -0.15) is 0 Å². The Morgan fingerprint density at radius 3 is 2.71 bits per heavy atom. The summed E-state index contributed by atoms with van der Waals surface area (Å²) in [4.78, 5) is 18.3. The van der Waals surface area contributed by atoms with Gasteiger partial charge in [0, 0.05) is 5.56 Å². The van der Waals surface area contributed by atoms with Crippen LogP contribution in [0.25, 0.3) is 10.6 Å². The molecule has 2 atom stereocenters. The van der Waals surface area contributed by atoms with Gasteiger partial charge in [-0.15, -0.1) is 11.3 Å². The van der Waals surface area contributed by atoms with E-state index in [4.69, 9.17) is 4.98 Å². The summed E-state index contributed by atoms with van der Waals surface area (Å²) in [6.07, 6.45) is 3.21. The molecule has 2 aromatic rings. The summed E-state index contributed by atoms with van der Waals surface area (Å²) in [5, 5.41) is 7.47. The lowest BCUT2D eigenvalue weighted by molar-refractivity contribution is -0.124. The molecule has 2 N–H and O–H groups in total. The Balaban J connectivity index is 1.71. The van der Waals surface area contributed by atoms with Crippen molar-refractivity contribution in [3.05, 3.63) is 40.4 Å². The van der Waals surface area contributed by atoms with Gasteiger partial charge in [0.1, 0.15) is 5.01 Å². The molecule has 0 bridgehead atoms. The topological polar surface area (TPSA) is 54.0 Å². The predicted molar refractivity (Wildman–Crippen MR) is 99.2 cm³/mol. The molecule has 1 aromatic carbocycles. The summed E-state index contributed by atoms with van der Waals surface area (Å²) < 4.78 is 0. The fraction of sp³-hybridized carbons (Fsp3) is 0.474. The van der Waals surface area contributed by atoms with E-state index in [0.717, 1.165) is 46.9 Å². The van der Waals surface area contributed by atoms with E-state index in [1.165, 1.54) is 5.56 Å². The standard InChI is InChI=1S/C19H25N3OS/c1-12-7-9-15(10-8-12)19-22-14(3)17(24-19)13(2)21-18(23)16-6-4-5-11-20-16/h7-10,13,16,20H,4-6,11H2,1-3H3,(H,21,23). The van der Waals surface area contributed by atoms with Crippen molar-refractivity contribution in [2.45, 2.75) is 52.1 Å². The van der Waals surface area contributed by atoms with E-state index in [9.17, 15) is 4.79 Å². The van der Waals surface area contributed by atoms with Crippen LogP contribution in [-0.4, -0.2) is 23.5 Å². The third kappa shape index (κ3) is 3.84. The number of carbonyl (C=O) groups is 1. The number of rotatable bonds is 4. The van der Waals surface area contributed by atoms with Gasteiger partial charge in [0.05, 0.1) is 22.7 Å². The number of hydrogen-bond acceptors (Lipinski definition) is 4. The van der Waals surface area contributed by atoms with Crippen molar-refractivity contribution in [2.75, 3.05) is 6.54 Å². The van der Waals surface area contributed by atoms with E-state index in [0.29, 0.717) is 0 Å². The molecule has 5 heteroatoms. The van der Waals surface area contributed by atoms with Crippen LogP contribution in [0.15, 0.2) is 24.3 Å². The van der Waals surface area contributed by atoms with Gasteiger partial charge in [0.2, 0.25) is 5.91 Å². The molecule has 24 heavy (non-hydrogen) atoms. The Hall–Kier alpha value is -1.72. The van der Waals surface area contributed by atoms with Crippen molar-refractivity contribution in [3.63, 3.8) is 0 Å². The Morgan fingerprint density at radius 1 is 1.29 bits per heavy atom. The fourth-order valence-corrected chi connectivity index (χ4v) is 4.16. The first-order valence-corrected chi connectivity index (χ1v) is 9.44. The smallest absolute Gasteiger partial charge is 0.237 e. The van der Waals surface area contributed by atoms with Crippen LogP contribution in [0, 0.1) is 13.8 Å². The van der Waals surface area contributed by atoms with Gasteiger partial charge in [-0.3, -0.25) is 4.79 Å². The maximum absolute atomic E-state index is 12.4. The molecule has 3 rings (SSSR count). The quantitative estimate of drug-likeness (QED) is 0.889. The molecule has 4 nitrogen and oxygen atoms in total. The number of benzene rings is 1. The highest BCUT2D eigenvalue weighted by molar-refractivity contribution is 7.15. The van der Waals surface area contributed by atoms with E-state index in [-0.39, 0.29) is 18.0 Å².